The van der Waals surface area contributed by atoms with Crippen LogP contribution in [0.3, 0.4) is 0 Å². The maximum Gasteiger partial charge on any atom is 0.416 e. The van der Waals surface area contributed by atoms with Crippen molar-refractivity contribution in [3.8, 4) is 0 Å². The van der Waals surface area contributed by atoms with Gasteiger partial charge in [-0.2, -0.15) is 13.2 Å². The van der Waals surface area contributed by atoms with Crippen molar-refractivity contribution in [2.75, 3.05) is 6.54 Å². The molecule has 1 amide bonds. The van der Waals surface area contributed by atoms with Crippen LogP contribution in [0.15, 0.2) is 42.5 Å². The molecule has 0 spiro atoms. The van der Waals surface area contributed by atoms with Gasteiger partial charge in [0.15, 0.2) is 0 Å². The van der Waals surface area contributed by atoms with Gasteiger partial charge in [0.1, 0.15) is 23.4 Å². The van der Waals surface area contributed by atoms with Crippen molar-refractivity contribution in [1.82, 2.24) is 5.32 Å². The summed E-state index contributed by atoms with van der Waals surface area (Å²) in [5.74, 6) is -3.56. The smallest absolute Gasteiger partial charge is 0.349 e. The van der Waals surface area contributed by atoms with Crippen LogP contribution >= 0.6 is 0 Å². The first-order chi connectivity index (χ1) is 11.2. The maximum atomic E-state index is 14.1. The second-order valence-electron chi connectivity index (χ2n) is 4.86. The minimum atomic E-state index is -4.76. The summed E-state index contributed by atoms with van der Waals surface area (Å²) in [5.41, 5.74) is -2.77. The number of amides is 1. The fraction of sp³-hybridized carbons (Fsp3) is 0.188. The lowest BCUT2D eigenvalue weighted by Gasteiger charge is -2.16. The van der Waals surface area contributed by atoms with Gasteiger partial charge in [-0.05, 0) is 23.8 Å². The molecule has 0 aromatic heterocycles. The normalized spacial score (nSPS) is 12.8. The van der Waals surface area contributed by atoms with Gasteiger partial charge >= 0.3 is 6.18 Å². The number of alkyl halides is 4. The van der Waals surface area contributed by atoms with Gasteiger partial charge in [0.25, 0.3) is 5.91 Å². The Kier molecular flexibility index (Phi) is 5.16. The highest BCUT2D eigenvalue weighted by atomic mass is 19.4. The maximum absolute atomic E-state index is 14.1. The molecule has 2 rings (SSSR count). The second kappa shape index (κ2) is 6.94. The van der Waals surface area contributed by atoms with Crippen LogP contribution in [0.2, 0.25) is 0 Å². The molecule has 0 heterocycles. The third-order valence-electron chi connectivity index (χ3n) is 3.24. The zero-order valence-corrected chi connectivity index (χ0v) is 12.0. The minimum Gasteiger partial charge on any atom is -0.349 e. The summed E-state index contributed by atoms with van der Waals surface area (Å²) in [6.07, 6.45) is -6.95. The van der Waals surface area contributed by atoms with Gasteiger partial charge in [0, 0.05) is 0 Å². The topological polar surface area (TPSA) is 29.1 Å². The Bertz CT molecular complexity index is 723. The highest BCUT2D eigenvalue weighted by molar-refractivity contribution is 5.94. The Morgan fingerprint density at radius 2 is 1.58 bits per heavy atom. The molecule has 0 saturated carbocycles. The molecular formula is C16H11F6NO. The number of nitrogens with one attached hydrogen (secondary N) is 1. The van der Waals surface area contributed by atoms with E-state index in [9.17, 15) is 31.1 Å². The lowest BCUT2D eigenvalue weighted by Crippen LogP contribution is -2.29. The van der Waals surface area contributed by atoms with E-state index in [0.29, 0.717) is 6.07 Å². The largest absolute Gasteiger partial charge is 0.416 e. The molecule has 1 N–H and O–H groups in total. The fourth-order valence-corrected chi connectivity index (χ4v) is 2.12. The Hall–Kier alpha value is -2.51. The van der Waals surface area contributed by atoms with E-state index in [1.54, 1.807) is 0 Å². The summed E-state index contributed by atoms with van der Waals surface area (Å²) in [5, 5.41) is 1.90. The molecule has 2 nitrogen and oxygen atoms in total. The van der Waals surface area contributed by atoms with Gasteiger partial charge in [-0.3, -0.25) is 4.79 Å². The summed E-state index contributed by atoms with van der Waals surface area (Å²) >= 11 is 0. The Labute approximate surface area is 133 Å². The zero-order chi connectivity index (χ0) is 17.9. The van der Waals surface area contributed by atoms with Gasteiger partial charge in [0.2, 0.25) is 0 Å². The molecule has 1 atom stereocenters. The van der Waals surface area contributed by atoms with Gasteiger partial charge in [-0.1, -0.05) is 24.3 Å². The first-order valence-electron chi connectivity index (χ1n) is 6.74. The van der Waals surface area contributed by atoms with Crippen molar-refractivity contribution < 1.29 is 31.1 Å². The van der Waals surface area contributed by atoms with Crippen molar-refractivity contribution in [1.29, 1.82) is 0 Å². The van der Waals surface area contributed by atoms with Gasteiger partial charge in [-0.15, -0.1) is 0 Å². The molecule has 24 heavy (non-hydrogen) atoms. The zero-order valence-electron chi connectivity index (χ0n) is 12.0. The van der Waals surface area contributed by atoms with Crippen LogP contribution in [-0.4, -0.2) is 12.5 Å². The summed E-state index contributed by atoms with van der Waals surface area (Å²) in [7, 11) is 0. The Morgan fingerprint density at radius 3 is 2.17 bits per heavy atom. The molecule has 8 heteroatoms. The van der Waals surface area contributed by atoms with E-state index in [4.69, 9.17) is 0 Å². The van der Waals surface area contributed by atoms with Crippen molar-refractivity contribution >= 4 is 5.91 Å². The monoisotopic (exact) mass is 347 g/mol. The molecule has 0 aliphatic rings. The van der Waals surface area contributed by atoms with Crippen molar-refractivity contribution in [2.24, 2.45) is 0 Å². The highest BCUT2D eigenvalue weighted by Gasteiger charge is 2.35. The molecule has 0 bridgehead atoms. The average Bonchev–Trinajstić information content (AvgIpc) is 2.51. The average molecular weight is 347 g/mol. The van der Waals surface area contributed by atoms with E-state index < -0.39 is 53.1 Å². The van der Waals surface area contributed by atoms with E-state index in [1.807, 2.05) is 5.32 Å². The molecule has 0 aliphatic carbocycles. The van der Waals surface area contributed by atoms with E-state index >= 15 is 0 Å². The van der Waals surface area contributed by atoms with Crippen LogP contribution in [0.25, 0.3) is 0 Å². The molecule has 2 aromatic carbocycles. The number of hydrogen-bond donors (Lipinski definition) is 1. The first kappa shape index (κ1) is 17.8. The van der Waals surface area contributed by atoms with Crippen LogP contribution in [0, 0.1) is 11.6 Å². The molecule has 0 radical (unpaired) electrons. The number of benzene rings is 2. The molecule has 0 unspecified atom stereocenters. The summed E-state index contributed by atoms with van der Waals surface area (Å²) in [6.45, 7) is -0.861. The van der Waals surface area contributed by atoms with Crippen LogP contribution in [0.4, 0.5) is 26.3 Å². The van der Waals surface area contributed by atoms with Crippen LogP contribution in [0.1, 0.15) is 27.7 Å². The molecule has 128 valence electrons. The standard InChI is InChI=1S/C16H11F6NO/c17-11-6-3-7-12(18)14(11)15(24)23-8-13(19)9-4-1-2-5-10(9)16(20,21)22/h1-7,13H,8H2,(H,23,24)/t13-/m1/s1. The van der Waals surface area contributed by atoms with Gasteiger partial charge in [-0.25, -0.2) is 13.2 Å². The Morgan fingerprint density at radius 1 is 1.00 bits per heavy atom. The molecule has 0 saturated heterocycles. The molecule has 2 aromatic rings. The number of halogens is 6. The van der Waals surface area contributed by atoms with Crippen LogP contribution in [-0.2, 0) is 6.18 Å². The lowest BCUT2D eigenvalue weighted by molar-refractivity contribution is -0.138. The third kappa shape index (κ3) is 3.87. The quantitative estimate of drug-likeness (QED) is 0.815. The van der Waals surface area contributed by atoms with E-state index in [0.717, 1.165) is 30.3 Å². The highest BCUT2D eigenvalue weighted by Crippen LogP contribution is 2.35. The summed E-state index contributed by atoms with van der Waals surface area (Å²) in [6, 6.07) is 6.68. The van der Waals surface area contributed by atoms with E-state index in [1.165, 1.54) is 6.07 Å². The predicted octanol–water partition coefficient (Wildman–Crippen LogP) is 4.42. The Balaban J connectivity index is 2.15. The fourth-order valence-electron chi connectivity index (χ4n) is 2.12. The summed E-state index contributed by atoms with van der Waals surface area (Å²) < 4.78 is 79.4. The van der Waals surface area contributed by atoms with Crippen LogP contribution in [0.5, 0.6) is 0 Å². The van der Waals surface area contributed by atoms with Gasteiger partial charge < -0.3 is 5.32 Å². The second-order valence-corrected chi connectivity index (χ2v) is 4.86. The lowest BCUT2D eigenvalue weighted by atomic mass is 10.0. The van der Waals surface area contributed by atoms with Gasteiger partial charge in [0.05, 0.1) is 12.1 Å². The van der Waals surface area contributed by atoms with E-state index in [-0.39, 0.29) is 0 Å². The summed E-state index contributed by atoms with van der Waals surface area (Å²) in [4.78, 5) is 11.7. The van der Waals surface area contributed by atoms with Crippen LogP contribution < -0.4 is 5.32 Å². The molecule has 0 fully saturated rings. The number of carbonyl (C=O) groups excluding carboxylic acids is 1. The third-order valence-corrected chi connectivity index (χ3v) is 3.24. The van der Waals surface area contributed by atoms with Crippen molar-refractivity contribution in [2.45, 2.75) is 12.3 Å². The minimum absolute atomic E-state index is 0.667. The molecular weight excluding hydrogens is 336 g/mol. The van der Waals surface area contributed by atoms with Crippen molar-refractivity contribution in [3.63, 3.8) is 0 Å². The first-order valence-corrected chi connectivity index (χ1v) is 6.74. The number of carbonyl (C=O) groups is 1. The number of hydrogen-bond acceptors (Lipinski definition) is 1. The molecule has 0 aliphatic heterocycles. The predicted molar refractivity (Wildman–Crippen MR) is 74.0 cm³/mol. The number of rotatable bonds is 4. The van der Waals surface area contributed by atoms with E-state index in [2.05, 4.69) is 0 Å². The SMILES string of the molecule is O=C(NC[C@@H](F)c1ccccc1C(F)(F)F)c1c(F)cccc1F. The van der Waals surface area contributed by atoms with Crippen molar-refractivity contribution in [3.05, 3.63) is 70.8 Å².